The molecule has 0 spiro atoms. The van der Waals surface area contributed by atoms with Gasteiger partial charge in [0.25, 0.3) is 0 Å². The summed E-state index contributed by atoms with van der Waals surface area (Å²) in [4.78, 5) is 6.70. The van der Waals surface area contributed by atoms with Crippen LogP contribution in [0.2, 0.25) is 0 Å². The zero-order chi connectivity index (χ0) is 13.8. The lowest BCUT2D eigenvalue weighted by atomic mass is 9.84. The van der Waals surface area contributed by atoms with Crippen molar-refractivity contribution in [1.29, 1.82) is 0 Å². The Labute approximate surface area is 112 Å². The van der Waals surface area contributed by atoms with Gasteiger partial charge in [0.15, 0.2) is 5.96 Å². The highest BCUT2D eigenvalue weighted by molar-refractivity contribution is 5.78. The van der Waals surface area contributed by atoms with Crippen molar-refractivity contribution in [3.05, 3.63) is 0 Å². The molecule has 0 amide bonds. The van der Waals surface area contributed by atoms with Gasteiger partial charge in [-0.25, -0.2) is 0 Å². The zero-order valence-electron chi connectivity index (χ0n) is 12.6. The van der Waals surface area contributed by atoms with Gasteiger partial charge in [-0.15, -0.1) is 0 Å². The van der Waals surface area contributed by atoms with E-state index >= 15 is 0 Å². The molecule has 106 valence electrons. The smallest absolute Gasteiger partial charge is 0.191 e. The van der Waals surface area contributed by atoms with E-state index in [-0.39, 0.29) is 11.5 Å². The van der Waals surface area contributed by atoms with Gasteiger partial charge in [0.2, 0.25) is 0 Å². The first-order valence-electron chi connectivity index (χ1n) is 6.96. The van der Waals surface area contributed by atoms with Crippen LogP contribution in [-0.4, -0.2) is 43.2 Å². The summed E-state index contributed by atoms with van der Waals surface area (Å²) in [6.45, 7) is 14.3. The predicted molar refractivity (Wildman–Crippen MR) is 76.7 cm³/mol. The van der Waals surface area contributed by atoms with Crippen LogP contribution in [0.4, 0.5) is 0 Å². The maximum Gasteiger partial charge on any atom is 0.191 e. The second-order valence-electron chi connectivity index (χ2n) is 6.56. The van der Waals surface area contributed by atoms with Crippen LogP contribution in [0.5, 0.6) is 0 Å². The Morgan fingerprint density at radius 3 is 2.72 bits per heavy atom. The fourth-order valence-electron chi connectivity index (χ4n) is 2.59. The minimum absolute atomic E-state index is 0.219. The van der Waals surface area contributed by atoms with E-state index in [4.69, 9.17) is 10.5 Å². The molecule has 0 saturated carbocycles. The first kappa shape index (κ1) is 15.3. The van der Waals surface area contributed by atoms with E-state index in [2.05, 4.69) is 44.5 Å². The zero-order valence-corrected chi connectivity index (χ0v) is 12.6. The van der Waals surface area contributed by atoms with E-state index < -0.39 is 0 Å². The second-order valence-corrected chi connectivity index (χ2v) is 6.56. The fourth-order valence-corrected chi connectivity index (χ4v) is 2.59. The molecular formula is C14H29N3O. The van der Waals surface area contributed by atoms with Crippen molar-refractivity contribution >= 4 is 5.96 Å². The fraction of sp³-hybridized carbons (Fsp3) is 0.929. The number of aliphatic imine (C=N–C) groups is 1. The summed E-state index contributed by atoms with van der Waals surface area (Å²) in [6.07, 6.45) is 1.42. The standard InChI is InChI=1S/C14H29N3O/c1-11(2)8-14(4,5)10-16-13(15)17-6-7-18-12(3)9-17/h11-12H,6-10H2,1-5H3,(H2,15,16). The van der Waals surface area contributed by atoms with E-state index in [1.807, 2.05) is 0 Å². The Kier molecular flexibility index (Phi) is 5.45. The number of nitrogens with two attached hydrogens (primary N) is 1. The molecule has 1 fully saturated rings. The molecular weight excluding hydrogens is 226 g/mol. The molecule has 2 N–H and O–H groups in total. The summed E-state index contributed by atoms with van der Waals surface area (Å²) >= 11 is 0. The van der Waals surface area contributed by atoms with Gasteiger partial charge in [0, 0.05) is 19.6 Å². The number of morpholine rings is 1. The molecule has 0 aromatic rings. The lowest BCUT2D eigenvalue weighted by molar-refractivity contribution is 0.00523. The second kappa shape index (κ2) is 6.41. The van der Waals surface area contributed by atoms with Crippen LogP contribution in [0.15, 0.2) is 4.99 Å². The predicted octanol–water partition coefficient (Wildman–Crippen LogP) is 2.09. The van der Waals surface area contributed by atoms with Crippen molar-refractivity contribution in [2.75, 3.05) is 26.2 Å². The van der Waals surface area contributed by atoms with Gasteiger partial charge in [0.05, 0.1) is 12.7 Å². The highest BCUT2D eigenvalue weighted by atomic mass is 16.5. The van der Waals surface area contributed by atoms with Crippen LogP contribution in [-0.2, 0) is 4.74 Å². The summed E-state index contributed by atoms with van der Waals surface area (Å²) in [5.74, 6) is 1.36. The molecule has 1 saturated heterocycles. The maximum atomic E-state index is 6.07. The van der Waals surface area contributed by atoms with Gasteiger partial charge in [-0.1, -0.05) is 27.7 Å². The van der Waals surface area contributed by atoms with Crippen LogP contribution in [0.25, 0.3) is 0 Å². The third kappa shape index (κ3) is 5.25. The van der Waals surface area contributed by atoms with Crippen LogP contribution < -0.4 is 5.73 Å². The van der Waals surface area contributed by atoms with Crippen LogP contribution in [0.1, 0.15) is 41.0 Å². The normalized spacial score (nSPS) is 22.7. The first-order chi connectivity index (χ1) is 8.30. The first-order valence-corrected chi connectivity index (χ1v) is 6.96. The molecule has 0 aromatic carbocycles. The number of hydrogen-bond donors (Lipinski definition) is 1. The Balaban J connectivity index is 2.50. The molecule has 4 nitrogen and oxygen atoms in total. The molecule has 4 heteroatoms. The summed E-state index contributed by atoms with van der Waals surface area (Å²) in [7, 11) is 0. The minimum atomic E-state index is 0.219. The lowest BCUT2D eigenvalue weighted by Gasteiger charge is -2.32. The number of hydrogen-bond acceptors (Lipinski definition) is 2. The van der Waals surface area contributed by atoms with Gasteiger partial charge in [0.1, 0.15) is 0 Å². The van der Waals surface area contributed by atoms with Gasteiger partial charge in [-0.3, -0.25) is 4.99 Å². The largest absolute Gasteiger partial charge is 0.375 e. The van der Waals surface area contributed by atoms with E-state index in [0.717, 1.165) is 26.2 Å². The monoisotopic (exact) mass is 255 g/mol. The van der Waals surface area contributed by atoms with Crippen LogP contribution >= 0.6 is 0 Å². The van der Waals surface area contributed by atoms with Crippen LogP contribution in [0.3, 0.4) is 0 Å². The van der Waals surface area contributed by atoms with Crippen molar-refractivity contribution in [2.24, 2.45) is 22.1 Å². The molecule has 1 heterocycles. The summed E-state index contributed by atoms with van der Waals surface area (Å²) in [6, 6.07) is 0. The summed E-state index contributed by atoms with van der Waals surface area (Å²) in [5, 5.41) is 0. The molecule has 1 aliphatic rings. The van der Waals surface area contributed by atoms with Gasteiger partial charge in [-0.2, -0.15) is 0 Å². The van der Waals surface area contributed by atoms with Crippen molar-refractivity contribution in [3.8, 4) is 0 Å². The number of rotatable bonds is 4. The molecule has 1 rings (SSSR count). The van der Waals surface area contributed by atoms with E-state index in [1.165, 1.54) is 6.42 Å². The SMILES string of the molecule is CC(C)CC(C)(C)CN=C(N)N1CCOC(C)C1. The molecule has 1 aliphatic heterocycles. The van der Waals surface area contributed by atoms with Crippen molar-refractivity contribution in [2.45, 2.75) is 47.1 Å². The number of nitrogens with zero attached hydrogens (tertiary/aromatic N) is 2. The third-order valence-electron chi connectivity index (χ3n) is 3.19. The van der Waals surface area contributed by atoms with E-state index in [1.54, 1.807) is 0 Å². The van der Waals surface area contributed by atoms with E-state index in [0.29, 0.717) is 11.9 Å². The van der Waals surface area contributed by atoms with Crippen LogP contribution in [0, 0.1) is 11.3 Å². The Hall–Kier alpha value is -0.770. The number of ether oxygens (including phenoxy) is 1. The minimum Gasteiger partial charge on any atom is -0.375 e. The van der Waals surface area contributed by atoms with Crippen molar-refractivity contribution in [3.63, 3.8) is 0 Å². The summed E-state index contributed by atoms with van der Waals surface area (Å²) in [5.41, 5.74) is 6.29. The van der Waals surface area contributed by atoms with E-state index in [9.17, 15) is 0 Å². The van der Waals surface area contributed by atoms with Crippen molar-refractivity contribution < 1.29 is 4.74 Å². The highest BCUT2D eigenvalue weighted by Gasteiger charge is 2.21. The average molecular weight is 255 g/mol. The third-order valence-corrected chi connectivity index (χ3v) is 3.19. The Morgan fingerprint density at radius 2 is 2.17 bits per heavy atom. The molecule has 1 atom stereocenters. The molecule has 0 radical (unpaired) electrons. The Morgan fingerprint density at radius 1 is 1.50 bits per heavy atom. The molecule has 0 aliphatic carbocycles. The van der Waals surface area contributed by atoms with Gasteiger partial charge in [-0.05, 0) is 24.7 Å². The highest BCUT2D eigenvalue weighted by Crippen LogP contribution is 2.25. The molecule has 0 aromatic heterocycles. The average Bonchev–Trinajstić information content (AvgIpc) is 2.24. The molecule has 18 heavy (non-hydrogen) atoms. The molecule has 1 unspecified atom stereocenters. The maximum absolute atomic E-state index is 6.07. The molecule has 0 bridgehead atoms. The van der Waals surface area contributed by atoms with Gasteiger partial charge < -0.3 is 15.4 Å². The lowest BCUT2D eigenvalue weighted by Crippen LogP contribution is -2.48. The number of guanidine groups is 1. The Bertz CT molecular complexity index is 287. The summed E-state index contributed by atoms with van der Waals surface area (Å²) < 4.78 is 5.50. The topological polar surface area (TPSA) is 50.8 Å². The van der Waals surface area contributed by atoms with Crippen molar-refractivity contribution in [1.82, 2.24) is 4.90 Å². The quantitative estimate of drug-likeness (QED) is 0.618. The van der Waals surface area contributed by atoms with Gasteiger partial charge >= 0.3 is 0 Å².